The van der Waals surface area contributed by atoms with Crippen LogP contribution in [-0.2, 0) is 0 Å². The number of benzene rings is 1. The Labute approximate surface area is 125 Å². The van der Waals surface area contributed by atoms with Gasteiger partial charge in [-0.25, -0.2) is 4.98 Å². The van der Waals surface area contributed by atoms with Crippen molar-refractivity contribution in [3.05, 3.63) is 36.0 Å². The van der Waals surface area contributed by atoms with Crippen LogP contribution in [0.4, 0.5) is 5.82 Å². The summed E-state index contributed by atoms with van der Waals surface area (Å²) in [5.74, 6) is 1.10. The van der Waals surface area contributed by atoms with Crippen LogP contribution in [0.1, 0.15) is 37.0 Å². The van der Waals surface area contributed by atoms with Gasteiger partial charge in [0.05, 0.1) is 5.56 Å². The van der Waals surface area contributed by atoms with Crippen LogP contribution in [0.25, 0.3) is 10.8 Å². The van der Waals surface area contributed by atoms with Gasteiger partial charge in [0.15, 0.2) is 0 Å². The zero-order valence-electron chi connectivity index (χ0n) is 12.5. The van der Waals surface area contributed by atoms with Crippen molar-refractivity contribution < 1.29 is 4.79 Å². The number of aromatic nitrogens is 1. The molecule has 2 heterocycles. The molecule has 1 aromatic carbocycles. The molecular weight excluding hydrogens is 262 g/mol. The Hall–Kier alpha value is -2.10. The van der Waals surface area contributed by atoms with E-state index < -0.39 is 0 Å². The highest BCUT2D eigenvalue weighted by molar-refractivity contribution is 6.09. The van der Waals surface area contributed by atoms with Gasteiger partial charge in [0.25, 0.3) is 5.91 Å². The highest BCUT2D eigenvalue weighted by Gasteiger charge is 2.28. The Kier molecular flexibility index (Phi) is 3.53. The van der Waals surface area contributed by atoms with Crippen LogP contribution in [-0.4, -0.2) is 28.4 Å². The average Bonchev–Trinajstić information content (AvgIpc) is 2.50. The molecule has 2 N–H and O–H groups in total. The Morgan fingerprint density at radius 2 is 1.95 bits per heavy atom. The first-order valence-corrected chi connectivity index (χ1v) is 7.52. The molecule has 2 unspecified atom stereocenters. The molecule has 0 bridgehead atoms. The molecule has 4 nitrogen and oxygen atoms in total. The van der Waals surface area contributed by atoms with Crippen LogP contribution in [0.3, 0.4) is 0 Å². The lowest BCUT2D eigenvalue weighted by Gasteiger charge is -2.37. The van der Waals surface area contributed by atoms with Crippen molar-refractivity contribution in [1.82, 2.24) is 9.88 Å². The number of rotatable bonds is 1. The molecule has 1 fully saturated rings. The molecule has 110 valence electrons. The standard InChI is InChI=1S/C17H21N3O/c1-11-7-8-12(2)20(10-11)17(21)15-9-19-16(18)14-6-4-3-5-13(14)15/h3-6,9,11-12H,7-8,10H2,1-2H3,(H2,18,19). The average molecular weight is 283 g/mol. The highest BCUT2D eigenvalue weighted by atomic mass is 16.2. The zero-order chi connectivity index (χ0) is 15.0. The number of anilines is 1. The van der Waals surface area contributed by atoms with Crippen LogP contribution >= 0.6 is 0 Å². The van der Waals surface area contributed by atoms with Gasteiger partial charge >= 0.3 is 0 Å². The fourth-order valence-electron chi connectivity index (χ4n) is 3.11. The normalized spacial score (nSPS) is 22.5. The first-order chi connectivity index (χ1) is 10.1. The number of nitrogens with zero attached hydrogens (tertiary/aromatic N) is 2. The quantitative estimate of drug-likeness (QED) is 0.875. The zero-order valence-corrected chi connectivity index (χ0v) is 12.5. The molecule has 0 spiro atoms. The minimum absolute atomic E-state index is 0.0674. The summed E-state index contributed by atoms with van der Waals surface area (Å²) >= 11 is 0. The van der Waals surface area contributed by atoms with Crippen LogP contribution in [0.15, 0.2) is 30.5 Å². The van der Waals surface area contributed by atoms with Gasteiger partial charge in [-0.05, 0) is 31.1 Å². The Bertz CT molecular complexity index is 683. The molecule has 0 radical (unpaired) electrons. The van der Waals surface area contributed by atoms with E-state index in [9.17, 15) is 4.79 Å². The van der Waals surface area contributed by atoms with E-state index in [1.54, 1.807) is 6.20 Å². The summed E-state index contributed by atoms with van der Waals surface area (Å²) in [7, 11) is 0. The first-order valence-electron chi connectivity index (χ1n) is 7.52. The summed E-state index contributed by atoms with van der Waals surface area (Å²) in [4.78, 5) is 19.1. The van der Waals surface area contributed by atoms with Gasteiger partial charge in [-0.1, -0.05) is 31.2 Å². The highest BCUT2D eigenvalue weighted by Crippen LogP contribution is 2.27. The van der Waals surface area contributed by atoms with Crippen LogP contribution in [0.2, 0.25) is 0 Å². The number of piperidine rings is 1. The number of hydrogen-bond donors (Lipinski definition) is 1. The van der Waals surface area contributed by atoms with E-state index in [4.69, 9.17) is 5.73 Å². The SMILES string of the molecule is CC1CCC(C)N(C(=O)c2cnc(N)c3ccccc23)C1. The van der Waals surface area contributed by atoms with Crippen LogP contribution < -0.4 is 5.73 Å². The smallest absolute Gasteiger partial charge is 0.256 e. The van der Waals surface area contributed by atoms with Crippen molar-refractivity contribution in [1.29, 1.82) is 0 Å². The van der Waals surface area contributed by atoms with E-state index >= 15 is 0 Å². The molecule has 1 aliphatic rings. The second-order valence-electron chi connectivity index (χ2n) is 6.09. The van der Waals surface area contributed by atoms with Crippen LogP contribution in [0.5, 0.6) is 0 Å². The van der Waals surface area contributed by atoms with E-state index in [-0.39, 0.29) is 11.9 Å². The van der Waals surface area contributed by atoms with E-state index in [1.807, 2.05) is 29.2 Å². The van der Waals surface area contributed by atoms with Crippen molar-refractivity contribution in [2.75, 3.05) is 12.3 Å². The van der Waals surface area contributed by atoms with Crippen molar-refractivity contribution in [2.24, 2.45) is 5.92 Å². The number of nitrogens with two attached hydrogens (primary N) is 1. The maximum atomic E-state index is 12.9. The molecule has 21 heavy (non-hydrogen) atoms. The number of carbonyl (C=O) groups is 1. The number of carbonyl (C=O) groups excluding carboxylic acids is 1. The molecule has 4 heteroatoms. The largest absolute Gasteiger partial charge is 0.383 e. The van der Waals surface area contributed by atoms with Gasteiger partial charge in [0.1, 0.15) is 5.82 Å². The third-order valence-corrected chi connectivity index (χ3v) is 4.43. The number of amides is 1. The Morgan fingerprint density at radius 3 is 2.71 bits per heavy atom. The number of likely N-dealkylation sites (tertiary alicyclic amines) is 1. The van der Waals surface area contributed by atoms with Crippen molar-refractivity contribution >= 4 is 22.5 Å². The summed E-state index contributed by atoms with van der Waals surface area (Å²) in [6.07, 6.45) is 3.87. The van der Waals surface area contributed by atoms with E-state index in [2.05, 4.69) is 18.8 Å². The predicted molar refractivity (Wildman–Crippen MR) is 85.1 cm³/mol. The summed E-state index contributed by atoms with van der Waals surface area (Å²) in [5, 5.41) is 1.74. The summed E-state index contributed by atoms with van der Waals surface area (Å²) in [5.41, 5.74) is 6.57. The molecule has 1 saturated heterocycles. The van der Waals surface area contributed by atoms with Gasteiger partial charge in [0.2, 0.25) is 0 Å². The molecule has 2 aromatic rings. The fourth-order valence-corrected chi connectivity index (χ4v) is 3.11. The van der Waals surface area contributed by atoms with Crippen molar-refractivity contribution in [3.63, 3.8) is 0 Å². The fraction of sp³-hybridized carbons (Fsp3) is 0.412. The second-order valence-corrected chi connectivity index (χ2v) is 6.09. The minimum atomic E-state index is 0.0674. The Balaban J connectivity index is 2.04. The van der Waals surface area contributed by atoms with Crippen molar-refractivity contribution in [2.45, 2.75) is 32.7 Å². The van der Waals surface area contributed by atoms with Crippen LogP contribution in [0, 0.1) is 5.92 Å². The van der Waals surface area contributed by atoms with E-state index in [1.165, 1.54) is 6.42 Å². The molecule has 3 rings (SSSR count). The lowest BCUT2D eigenvalue weighted by Crippen LogP contribution is -2.45. The second kappa shape index (κ2) is 5.35. The molecule has 0 aliphatic carbocycles. The van der Waals surface area contributed by atoms with E-state index in [0.717, 1.165) is 23.7 Å². The molecule has 0 saturated carbocycles. The minimum Gasteiger partial charge on any atom is -0.383 e. The number of pyridine rings is 1. The number of fused-ring (bicyclic) bond motifs is 1. The maximum absolute atomic E-state index is 12.9. The van der Waals surface area contributed by atoms with Gasteiger partial charge in [-0.3, -0.25) is 4.79 Å². The number of nitrogen functional groups attached to an aromatic ring is 1. The molecule has 1 aliphatic heterocycles. The van der Waals surface area contributed by atoms with Gasteiger partial charge in [0, 0.05) is 24.2 Å². The molecule has 1 amide bonds. The Morgan fingerprint density at radius 1 is 1.24 bits per heavy atom. The van der Waals surface area contributed by atoms with Crippen molar-refractivity contribution in [3.8, 4) is 0 Å². The molecule has 2 atom stereocenters. The van der Waals surface area contributed by atoms with Gasteiger partial charge in [-0.15, -0.1) is 0 Å². The van der Waals surface area contributed by atoms with Gasteiger partial charge in [-0.2, -0.15) is 0 Å². The number of hydrogen-bond acceptors (Lipinski definition) is 3. The summed E-state index contributed by atoms with van der Waals surface area (Å²) < 4.78 is 0. The topological polar surface area (TPSA) is 59.2 Å². The first kappa shape index (κ1) is 13.9. The molecule has 1 aromatic heterocycles. The monoisotopic (exact) mass is 283 g/mol. The summed E-state index contributed by atoms with van der Waals surface area (Å²) in [6, 6.07) is 7.99. The third-order valence-electron chi connectivity index (χ3n) is 4.43. The van der Waals surface area contributed by atoms with Gasteiger partial charge < -0.3 is 10.6 Å². The summed E-state index contributed by atoms with van der Waals surface area (Å²) in [6.45, 7) is 5.14. The lowest BCUT2D eigenvalue weighted by molar-refractivity contribution is 0.0576. The van der Waals surface area contributed by atoms with E-state index in [0.29, 0.717) is 17.3 Å². The predicted octanol–water partition coefficient (Wildman–Crippen LogP) is 3.08. The maximum Gasteiger partial charge on any atom is 0.256 e. The lowest BCUT2D eigenvalue weighted by atomic mass is 9.94. The third kappa shape index (κ3) is 2.46. The molecular formula is C17H21N3O.